The lowest BCUT2D eigenvalue weighted by Gasteiger charge is -2.12. The van der Waals surface area contributed by atoms with Crippen LogP contribution in [0.5, 0.6) is 5.75 Å². The molecule has 0 bridgehead atoms. The Bertz CT molecular complexity index is 984. The van der Waals surface area contributed by atoms with Gasteiger partial charge in [0.25, 0.3) is 5.91 Å². The minimum Gasteiger partial charge on any atom is -0.491 e. The van der Waals surface area contributed by atoms with Crippen LogP contribution in [0, 0.1) is 0 Å². The summed E-state index contributed by atoms with van der Waals surface area (Å²) in [4.78, 5) is 24.8. The highest BCUT2D eigenvalue weighted by molar-refractivity contribution is 6.05. The Morgan fingerprint density at radius 1 is 0.828 bits per heavy atom. The third-order valence-corrected chi connectivity index (χ3v) is 4.08. The van der Waals surface area contributed by atoms with E-state index in [2.05, 4.69) is 10.6 Å². The second-order valence-electron chi connectivity index (χ2n) is 6.94. The van der Waals surface area contributed by atoms with Crippen LogP contribution in [0.25, 0.3) is 0 Å². The van der Waals surface area contributed by atoms with Crippen molar-refractivity contribution in [3.8, 4) is 5.75 Å². The van der Waals surface area contributed by atoms with Crippen LogP contribution in [-0.2, 0) is 11.2 Å². The van der Waals surface area contributed by atoms with Crippen molar-refractivity contribution in [2.24, 2.45) is 0 Å². The lowest BCUT2D eigenvalue weighted by Crippen LogP contribution is -2.15. The van der Waals surface area contributed by atoms with E-state index in [9.17, 15) is 9.59 Å². The maximum atomic E-state index is 12.6. The van der Waals surface area contributed by atoms with E-state index in [1.54, 1.807) is 42.5 Å². The Balaban J connectivity index is 1.63. The monoisotopic (exact) mass is 388 g/mol. The Labute approximate surface area is 170 Å². The zero-order chi connectivity index (χ0) is 20.6. The fourth-order valence-electron chi connectivity index (χ4n) is 2.85. The predicted octanol–water partition coefficient (Wildman–Crippen LogP) is 4.91. The maximum Gasteiger partial charge on any atom is 0.255 e. The first-order valence-corrected chi connectivity index (χ1v) is 9.51. The van der Waals surface area contributed by atoms with Gasteiger partial charge in [0.05, 0.1) is 12.5 Å². The van der Waals surface area contributed by atoms with Crippen LogP contribution in [0.4, 0.5) is 11.4 Å². The first-order chi connectivity index (χ1) is 14.0. The molecule has 5 heteroatoms. The van der Waals surface area contributed by atoms with Crippen LogP contribution in [0.2, 0.25) is 0 Å². The molecule has 3 aromatic rings. The van der Waals surface area contributed by atoms with Crippen LogP contribution in [0.1, 0.15) is 29.8 Å². The first-order valence-electron chi connectivity index (χ1n) is 9.51. The van der Waals surface area contributed by atoms with Crippen LogP contribution in [0.3, 0.4) is 0 Å². The molecule has 0 aromatic heterocycles. The van der Waals surface area contributed by atoms with Gasteiger partial charge in [0.2, 0.25) is 5.91 Å². The number of benzene rings is 3. The van der Waals surface area contributed by atoms with Gasteiger partial charge >= 0.3 is 0 Å². The zero-order valence-electron chi connectivity index (χ0n) is 16.5. The summed E-state index contributed by atoms with van der Waals surface area (Å²) in [6.45, 7) is 3.87. The molecule has 0 atom stereocenters. The molecule has 3 rings (SSSR count). The predicted molar refractivity (Wildman–Crippen MR) is 115 cm³/mol. The highest BCUT2D eigenvalue weighted by Crippen LogP contribution is 2.19. The van der Waals surface area contributed by atoms with Gasteiger partial charge in [-0.15, -0.1) is 0 Å². The van der Waals surface area contributed by atoms with E-state index in [0.29, 0.717) is 29.1 Å². The fourth-order valence-corrected chi connectivity index (χ4v) is 2.85. The fraction of sp³-hybridized carbons (Fsp3) is 0.167. The summed E-state index contributed by atoms with van der Waals surface area (Å²) in [5.74, 6) is 0.291. The Morgan fingerprint density at radius 3 is 2.24 bits per heavy atom. The van der Waals surface area contributed by atoms with E-state index in [1.165, 1.54) is 0 Å². The molecular formula is C24H24N2O3. The van der Waals surface area contributed by atoms with Crippen molar-refractivity contribution in [1.82, 2.24) is 0 Å². The largest absolute Gasteiger partial charge is 0.491 e. The van der Waals surface area contributed by atoms with E-state index in [-0.39, 0.29) is 17.9 Å². The molecule has 3 aromatic carbocycles. The molecule has 0 fully saturated rings. The van der Waals surface area contributed by atoms with Gasteiger partial charge in [-0.2, -0.15) is 0 Å². The third kappa shape index (κ3) is 6.21. The van der Waals surface area contributed by atoms with Crippen molar-refractivity contribution in [2.75, 3.05) is 10.6 Å². The van der Waals surface area contributed by atoms with Crippen LogP contribution < -0.4 is 15.4 Å². The highest BCUT2D eigenvalue weighted by atomic mass is 16.5. The van der Waals surface area contributed by atoms with Gasteiger partial charge in [0, 0.05) is 16.9 Å². The Kier molecular flexibility index (Phi) is 6.63. The Hall–Kier alpha value is -3.60. The minimum absolute atomic E-state index is 0.0319. The molecule has 0 heterocycles. The van der Waals surface area contributed by atoms with Gasteiger partial charge in [-0.05, 0) is 55.8 Å². The molecule has 0 radical (unpaired) electrons. The zero-order valence-corrected chi connectivity index (χ0v) is 16.5. The van der Waals surface area contributed by atoms with E-state index in [4.69, 9.17) is 4.74 Å². The van der Waals surface area contributed by atoms with Gasteiger partial charge in [0.1, 0.15) is 5.75 Å². The molecule has 0 aliphatic carbocycles. The number of anilines is 2. The molecule has 0 aliphatic rings. The summed E-state index contributed by atoms with van der Waals surface area (Å²) in [7, 11) is 0. The molecule has 2 N–H and O–H groups in total. The van der Waals surface area contributed by atoms with Crippen molar-refractivity contribution >= 4 is 23.2 Å². The number of rotatable bonds is 7. The van der Waals surface area contributed by atoms with Crippen molar-refractivity contribution < 1.29 is 14.3 Å². The molecule has 5 nitrogen and oxygen atoms in total. The van der Waals surface area contributed by atoms with Gasteiger partial charge in [0.15, 0.2) is 0 Å². The molecule has 0 saturated heterocycles. The molecular weight excluding hydrogens is 364 g/mol. The van der Waals surface area contributed by atoms with E-state index >= 15 is 0 Å². The summed E-state index contributed by atoms with van der Waals surface area (Å²) >= 11 is 0. The lowest BCUT2D eigenvalue weighted by atomic mass is 10.1. The quantitative estimate of drug-likeness (QED) is 0.604. The standard InChI is InChI=1S/C24H24N2O3/c1-17(2)29-22-13-6-10-19(15-22)24(28)26-21-12-7-11-20(16-21)25-23(27)14-18-8-4-3-5-9-18/h3-13,15-17H,14H2,1-2H3,(H,25,27)(H,26,28). The first kappa shape index (κ1) is 20.1. The molecule has 0 unspecified atom stereocenters. The van der Waals surface area contributed by atoms with Gasteiger partial charge < -0.3 is 15.4 Å². The molecule has 148 valence electrons. The molecule has 0 spiro atoms. The normalized spacial score (nSPS) is 10.4. The summed E-state index contributed by atoms with van der Waals surface area (Å²) in [5, 5.41) is 5.72. The molecule has 2 amide bonds. The molecule has 0 aliphatic heterocycles. The number of nitrogens with one attached hydrogen (secondary N) is 2. The SMILES string of the molecule is CC(C)Oc1cccc(C(=O)Nc2cccc(NC(=O)Cc3ccccc3)c2)c1. The average Bonchev–Trinajstić information content (AvgIpc) is 2.68. The van der Waals surface area contributed by atoms with Gasteiger partial charge in [-0.3, -0.25) is 9.59 Å². The molecule has 0 saturated carbocycles. The number of carbonyl (C=O) groups is 2. The van der Waals surface area contributed by atoms with E-state index < -0.39 is 0 Å². The highest BCUT2D eigenvalue weighted by Gasteiger charge is 2.09. The average molecular weight is 388 g/mol. The van der Waals surface area contributed by atoms with Crippen LogP contribution in [0.15, 0.2) is 78.9 Å². The summed E-state index contributed by atoms with van der Waals surface area (Å²) < 4.78 is 5.64. The van der Waals surface area contributed by atoms with Crippen LogP contribution in [-0.4, -0.2) is 17.9 Å². The topological polar surface area (TPSA) is 67.4 Å². The number of hydrogen-bond donors (Lipinski definition) is 2. The number of hydrogen-bond acceptors (Lipinski definition) is 3. The van der Waals surface area contributed by atoms with Crippen molar-refractivity contribution in [1.29, 1.82) is 0 Å². The number of ether oxygens (including phenoxy) is 1. The third-order valence-electron chi connectivity index (χ3n) is 4.08. The second-order valence-corrected chi connectivity index (χ2v) is 6.94. The lowest BCUT2D eigenvalue weighted by molar-refractivity contribution is -0.115. The van der Waals surface area contributed by atoms with Crippen molar-refractivity contribution in [3.63, 3.8) is 0 Å². The van der Waals surface area contributed by atoms with Crippen molar-refractivity contribution in [2.45, 2.75) is 26.4 Å². The smallest absolute Gasteiger partial charge is 0.255 e. The second kappa shape index (κ2) is 9.55. The summed E-state index contributed by atoms with van der Waals surface area (Å²) in [5.41, 5.74) is 2.67. The van der Waals surface area contributed by atoms with Gasteiger partial charge in [-0.25, -0.2) is 0 Å². The van der Waals surface area contributed by atoms with Gasteiger partial charge in [-0.1, -0.05) is 42.5 Å². The summed E-state index contributed by atoms with van der Waals surface area (Å²) in [6, 6.07) is 23.7. The van der Waals surface area contributed by atoms with E-state index in [1.807, 2.05) is 50.2 Å². The molecule has 29 heavy (non-hydrogen) atoms. The van der Waals surface area contributed by atoms with Crippen molar-refractivity contribution in [3.05, 3.63) is 90.0 Å². The minimum atomic E-state index is -0.244. The Morgan fingerprint density at radius 2 is 1.52 bits per heavy atom. The van der Waals surface area contributed by atoms with Crippen LogP contribution >= 0.6 is 0 Å². The number of amides is 2. The number of carbonyl (C=O) groups excluding carboxylic acids is 2. The van der Waals surface area contributed by atoms with E-state index in [0.717, 1.165) is 5.56 Å². The summed E-state index contributed by atoms with van der Waals surface area (Å²) in [6.07, 6.45) is 0.324. The maximum absolute atomic E-state index is 12.6.